The number of allylic oxidation sites excluding steroid dienone is 1. The monoisotopic (exact) mass is 314 g/mol. The van der Waals surface area contributed by atoms with Gasteiger partial charge in [-0.25, -0.2) is 4.98 Å². The zero-order valence-corrected chi connectivity index (χ0v) is 13.2. The molecule has 3 unspecified atom stereocenters. The summed E-state index contributed by atoms with van der Waals surface area (Å²) in [5.41, 5.74) is 7.41. The number of imidazole rings is 1. The molecular formula is C16H22N6O. The van der Waals surface area contributed by atoms with Crippen molar-refractivity contribution in [3.8, 4) is 0 Å². The lowest BCUT2D eigenvalue weighted by Crippen LogP contribution is -2.19. The molecule has 0 amide bonds. The molecule has 23 heavy (non-hydrogen) atoms. The standard InChI is InChI=1S/C16H22N6O/c1-9(11-3-4-11)19-14-13-15(21-16(17)20-14)22(8-18-13)12-5-2-10(6-12)7-23/h2,5,8-12,23H,3-4,6-7H2,1H3,(H3,17,19,20,21). The third-order valence-electron chi connectivity index (χ3n) is 4.87. The van der Waals surface area contributed by atoms with Gasteiger partial charge in [0.2, 0.25) is 5.95 Å². The highest BCUT2D eigenvalue weighted by molar-refractivity contribution is 5.84. The molecule has 4 rings (SSSR count). The molecule has 1 saturated carbocycles. The van der Waals surface area contributed by atoms with Gasteiger partial charge in [-0.05, 0) is 32.1 Å². The van der Waals surface area contributed by atoms with Crippen LogP contribution in [0.4, 0.5) is 11.8 Å². The lowest BCUT2D eigenvalue weighted by molar-refractivity contribution is 0.244. The van der Waals surface area contributed by atoms with Crippen LogP contribution in [0.15, 0.2) is 18.5 Å². The average molecular weight is 314 g/mol. The summed E-state index contributed by atoms with van der Waals surface area (Å²) >= 11 is 0. The number of fused-ring (bicyclic) bond motifs is 1. The second-order valence-corrected chi connectivity index (χ2v) is 6.66. The predicted molar refractivity (Wildman–Crippen MR) is 88.9 cm³/mol. The van der Waals surface area contributed by atoms with Gasteiger partial charge in [-0.2, -0.15) is 9.97 Å². The molecule has 0 aromatic carbocycles. The van der Waals surface area contributed by atoms with E-state index in [1.807, 2.05) is 4.57 Å². The summed E-state index contributed by atoms with van der Waals surface area (Å²) in [6.45, 7) is 2.34. The molecular weight excluding hydrogens is 292 g/mol. The van der Waals surface area contributed by atoms with Crippen LogP contribution in [-0.2, 0) is 0 Å². The molecule has 4 N–H and O–H groups in total. The van der Waals surface area contributed by atoms with Gasteiger partial charge in [0.25, 0.3) is 0 Å². The van der Waals surface area contributed by atoms with E-state index in [0.29, 0.717) is 17.8 Å². The molecule has 1 fully saturated rings. The molecule has 0 radical (unpaired) electrons. The topological polar surface area (TPSA) is 102 Å². The van der Waals surface area contributed by atoms with Crippen molar-refractivity contribution in [3.63, 3.8) is 0 Å². The van der Waals surface area contributed by atoms with Gasteiger partial charge in [-0.1, -0.05) is 12.2 Å². The zero-order chi connectivity index (χ0) is 16.0. The van der Waals surface area contributed by atoms with Gasteiger partial charge in [-0.15, -0.1) is 0 Å². The Morgan fingerprint density at radius 3 is 2.91 bits per heavy atom. The minimum Gasteiger partial charge on any atom is -0.396 e. The maximum absolute atomic E-state index is 9.31. The van der Waals surface area contributed by atoms with Crippen molar-refractivity contribution < 1.29 is 5.11 Å². The number of nitrogen functional groups attached to an aromatic ring is 1. The number of anilines is 2. The molecule has 2 aromatic heterocycles. The van der Waals surface area contributed by atoms with E-state index >= 15 is 0 Å². The maximum Gasteiger partial charge on any atom is 0.224 e. The molecule has 7 heteroatoms. The van der Waals surface area contributed by atoms with Crippen molar-refractivity contribution in [3.05, 3.63) is 18.5 Å². The molecule has 2 aliphatic carbocycles. The Morgan fingerprint density at radius 2 is 2.22 bits per heavy atom. The summed E-state index contributed by atoms with van der Waals surface area (Å²) in [4.78, 5) is 13.2. The highest BCUT2D eigenvalue weighted by atomic mass is 16.3. The first-order valence-corrected chi connectivity index (χ1v) is 8.21. The Bertz CT molecular complexity index is 750. The molecule has 3 atom stereocenters. The molecule has 0 bridgehead atoms. The quantitative estimate of drug-likeness (QED) is 0.726. The summed E-state index contributed by atoms with van der Waals surface area (Å²) in [6.07, 6.45) is 9.33. The first-order valence-electron chi connectivity index (χ1n) is 8.21. The SMILES string of the molecule is CC(Nc1nc(N)nc2c1ncn2C1C=CC(CO)C1)C1CC1. The van der Waals surface area contributed by atoms with Crippen LogP contribution in [0.2, 0.25) is 0 Å². The van der Waals surface area contributed by atoms with Crippen LogP contribution in [0, 0.1) is 11.8 Å². The van der Waals surface area contributed by atoms with Gasteiger partial charge in [0.15, 0.2) is 17.0 Å². The summed E-state index contributed by atoms with van der Waals surface area (Å²) in [5.74, 6) is 1.88. The van der Waals surface area contributed by atoms with Gasteiger partial charge in [-0.3, -0.25) is 0 Å². The van der Waals surface area contributed by atoms with Gasteiger partial charge < -0.3 is 20.7 Å². The molecule has 122 valence electrons. The van der Waals surface area contributed by atoms with E-state index in [9.17, 15) is 5.11 Å². The van der Waals surface area contributed by atoms with Crippen LogP contribution in [-0.4, -0.2) is 37.3 Å². The largest absolute Gasteiger partial charge is 0.396 e. The second-order valence-electron chi connectivity index (χ2n) is 6.66. The predicted octanol–water partition coefficient (Wildman–Crippen LogP) is 1.73. The van der Waals surface area contributed by atoms with Gasteiger partial charge in [0.05, 0.1) is 12.4 Å². The van der Waals surface area contributed by atoms with E-state index in [1.165, 1.54) is 12.8 Å². The van der Waals surface area contributed by atoms with E-state index in [1.54, 1.807) is 6.33 Å². The third-order valence-corrected chi connectivity index (χ3v) is 4.87. The van der Waals surface area contributed by atoms with Gasteiger partial charge in [0, 0.05) is 18.6 Å². The Hall–Kier alpha value is -2.15. The maximum atomic E-state index is 9.31. The van der Waals surface area contributed by atoms with Crippen molar-refractivity contribution in [1.82, 2.24) is 19.5 Å². The van der Waals surface area contributed by atoms with Crippen LogP contribution in [0.3, 0.4) is 0 Å². The highest BCUT2D eigenvalue weighted by Gasteiger charge is 2.29. The van der Waals surface area contributed by atoms with Crippen molar-refractivity contribution in [1.29, 1.82) is 0 Å². The van der Waals surface area contributed by atoms with E-state index in [0.717, 1.165) is 17.6 Å². The second kappa shape index (κ2) is 5.49. The van der Waals surface area contributed by atoms with Crippen LogP contribution in [0.5, 0.6) is 0 Å². The number of rotatable bonds is 5. The molecule has 0 saturated heterocycles. The number of hydrogen-bond donors (Lipinski definition) is 3. The lowest BCUT2D eigenvalue weighted by atomic mass is 10.1. The number of hydrogen-bond acceptors (Lipinski definition) is 6. The third kappa shape index (κ3) is 2.65. The van der Waals surface area contributed by atoms with Gasteiger partial charge >= 0.3 is 0 Å². The Labute approximate surface area is 134 Å². The molecule has 7 nitrogen and oxygen atoms in total. The molecule has 0 spiro atoms. The summed E-state index contributed by atoms with van der Waals surface area (Å²) in [5, 5.41) is 12.8. The fraction of sp³-hybridized carbons (Fsp3) is 0.562. The van der Waals surface area contributed by atoms with Crippen LogP contribution < -0.4 is 11.1 Å². The van der Waals surface area contributed by atoms with Crippen molar-refractivity contribution in [2.75, 3.05) is 17.7 Å². The van der Waals surface area contributed by atoms with Crippen molar-refractivity contribution in [2.24, 2.45) is 11.8 Å². The summed E-state index contributed by atoms with van der Waals surface area (Å²) < 4.78 is 2.02. The minimum atomic E-state index is 0.153. The number of nitrogens with one attached hydrogen (secondary N) is 1. The van der Waals surface area contributed by atoms with Crippen molar-refractivity contribution in [2.45, 2.75) is 38.3 Å². The smallest absolute Gasteiger partial charge is 0.224 e. The lowest BCUT2D eigenvalue weighted by Gasteiger charge is -2.15. The Balaban J connectivity index is 1.68. The molecule has 2 heterocycles. The highest BCUT2D eigenvalue weighted by Crippen LogP contribution is 2.35. The van der Waals surface area contributed by atoms with Crippen LogP contribution in [0.25, 0.3) is 11.2 Å². The van der Waals surface area contributed by atoms with E-state index in [4.69, 9.17) is 5.73 Å². The average Bonchev–Trinajstić information content (AvgIpc) is 3.13. The normalized spacial score (nSPS) is 25.1. The minimum absolute atomic E-state index is 0.153. The first kappa shape index (κ1) is 14.4. The molecule has 0 aliphatic heterocycles. The van der Waals surface area contributed by atoms with Crippen LogP contribution >= 0.6 is 0 Å². The molecule has 2 aromatic rings. The van der Waals surface area contributed by atoms with E-state index < -0.39 is 0 Å². The number of nitrogens with two attached hydrogens (primary N) is 1. The molecule has 2 aliphatic rings. The van der Waals surface area contributed by atoms with Crippen molar-refractivity contribution >= 4 is 22.9 Å². The van der Waals surface area contributed by atoms with E-state index in [-0.39, 0.29) is 24.5 Å². The van der Waals surface area contributed by atoms with Gasteiger partial charge in [0.1, 0.15) is 0 Å². The fourth-order valence-corrected chi connectivity index (χ4v) is 3.30. The van der Waals surface area contributed by atoms with E-state index in [2.05, 4.69) is 39.3 Å². The Kier molecular flexibility index (Phi) is 3.45. The fourth-order valence-electron chi connectivity index (χ4n) is 3.30. The first-order chi connectivity index (χ1) is 11.2. The van der Waals surface area contributed by atoms with Crippen LogP contribution in [0.1, 0.15) is 32.2 Å². The number of nitrogens with zero attached hydrogens (tertiary/aromatic N) is 4. The number of aliphatic hydroxyl groups is 1. The number of aliphatic hydroxyl groups excluding tert-OH is 1. The zero-order valence-electron chi connectivity index (χ0n) is 13.2. The summed E-state index contributed by atoms with van der Waals surface area (Å²) in [7, 11) is 0. The number of aromatic nitrogens is 4. The Morgan fingerprint density at radius 1 is 1.39 bits per heavy atom. The summed E-state index contributed by atoms with van der Waals surface area (Å²) in [6, 6.07) is 0.517.